The van der Waals surface area contributed by atoms with Gasteiger partial charge in [0.1, 0.15) is 5.75 Å². The average molecular weight is 251 g/mol. The minimum absolute atomic E-state index is 0.0749. The van der Waals surface area contributed by atoms with Crippen molar-refractivity contribution in [2.45, 2.75) is 26.4 Å². The Morgan fingerprint density at radius 2 is 1.89 bits per heavy atom. The Morgan fingerprint density at radius 3 is 2.44 bits per heavy atom. The highest BCUT2D eigenvalue weighted by Gasteiger charge is 2.14. The van der Waals surface area contributed by atoms with Crippen molar-refractivity contribution in [3.05, 3.63) is 29.8 Å². The van der Waals surface area contributed by atoms with E-state index in [-0.39, 0.29) is 13.0 Å². The van der Waals surface area contributed by atoms with Crippen LogP contribution in [0.4, 0.5) is 0 Å². The molecule has 0 saturated carbocycles. The maximum absolute atomic E-state index is 11.3. The summed E-state index contributed by atoms with van der Waals surface area (Å²) in [7, 11) is 0. The lowest BCUT2D eigenvalue weighted by Crippen LogP contribution is -2.30. The largest absolute Gasteiger partial charge is 0.493 e. The molecule has 0 saturated heterocycles. The molecule has 0 aliphatic carbocycles. The molecule has 0 fully saturated rings. The van der Waals surface area contributed by atoms with Gasteiger partial charge in [-0.05, 0) is 26.0 Å². The van der Waals surface area contributed by atoms with Crippen molar-refractivity contribution in [2.75, 3.05) is 6.61 Å². The predicted molar refractivity (Wildman–Crippen MR) is 66.0 cm³/mol. The number of esters is 1. The molecule has 0 heterocycles. The number of carbonyl (C=O) groups excluding carboxylic acids is 2. The van der Waals surface area contributed by atoms with Gasteiger partial charge in [-0.1, -0.05) is 17.7 Å². The summed E-state index contributed by atoms with van der Waals surface area (Å²) in [5.74, 6) is -0.479. The molecule has 2 N–H and O–H groups in total. The molecule has 0 spiro atoms. The molecule has 0 aromatic heterocycles. The number of benzene rings is 1. The van der Waals surface area contributed by atoms with Crippen molar-refractivity contribution >= 4 is 11.9 Å². The zero-order valence-electron chi connectivity index (χ0n) is 10.5. The summed E-state index contributed by atoms with van der Waals surface area (Å²) in [6.45, 7) is 3.61. The van der Waals surface area contributed by atoms with Gasteiger partial charge in [0.15, 0.2) is 6.10 Å². The van der Waals surface area contributed by atoms with Gasteiger partial charge in [0, 0.05) is 0 Å². The van der Waals surface area contributed by atoms with E-state index >= 15 is 0 Å². The molecular weight excluding hydrogens is 234 g/mol. The van der Waals surface area contributed by atoms with Crippen LogP contribution in [0.5, 0.6) is 5.75 Å². The van der Waals surface area contributed by atoms with Gasteiger partial charge in [-0.25, -0.2) is 0 Å². The average Bonchev–Trinajstić information content (AvgIpc) is 2.31. The van der Waals surface area contributed by atoms with Crippen molar-refractivity contribution in [3.63, 3.8) is 0 Å². The summed E-state index contributed by atoms with van der Waals surface area (Å²) in [4.78, 5) is 22.0. The first-order valence-corrected chi connectivity index (χ1v) is 5.67. The molecular formula is C13H17NO4. The number of carbonyl (C=O) groups is 2. The molecule has 0 aliphatic heterocycles. The topological polar surface area (TPSA) is 78.6 Å². The van der Waals surface area contributed by atoms with E-state index in [2.05, 4.69) is 0 Å². The first kappa shape index (κ1) is 14.0. The van der Waals surface area contributed by atoms with E-state index in [0.717, 1.165) is 5.56 Å². The Morgan fingerprint density at radius 1 is 1.28 bits per heavy atom. The number of nitrogens with two attached hydrogens (primary N) is 1. The Labute approximate surface area is 106 Å². The molecule has 98 valence electrons. The van der Waals surface area contributed by atoms with E-state index < -0.39 is 18.0 Å². The summed E-state index contributed by atoms with van der Waals surface area (Å²) in [5, 5.41) is 0. The van der Waals surface area contributed by atoms with Crippen LogP contribution in [0, 0.1) is 6.92 Å². The lowest BCUT2D eigenvalue weighted by Gasteiger charge is -2.10. The Balaban J connectivity index is 2.27. The monoisotopic (exact) mass is 251 g/mol. The summed E-state index contributed by atoms with van der Waals surface area (Å²) >= 11 is 0. The third-order valence-electron chi connectivity index (χ3n) is 2.30. The van der Waals surface area contributed by atoms with E-state index in [4.69, 9.17) is 15.2 Å². The van der Waals surface area contributed by atoms with E-state index in [1.54, 1.807) is 0 Å². The van der Waals surface area contributed by atoms with Crippen molar-refractivity contribution in [2.24, 2.45) is 5.73 Å². The maximum atomic E-state index is 11.3. The Hall–Kier alpha value is -2.04. The summed E-state index contributed by atoms with van der Waals surface area (Å²) in [5.41, 5.74) is 6.11. The number of amides is 1. The van der Waals surface area contributed by atoms with Crippen LogP contribution in [0.2, 0.25) is 0 Å². The number of primary amides is 1. The van der Waals surface area contributed by atoms with Gasteiger partial charge >= 0.3 is 5.97 Å². The summed E-state index contributed by atoms with van der Waals surface area (Å²) in [6, 6.07) is 7.49. The van der Waals surface area contributed by atoms with Crippen LogP contribution in [0.15, 0.2) is 24.3 Å². The first-order chi connectivity index (χ1) is 8.49. The van der Waals surface area contributed by atoms with Crippen LogP contribution in [-0.2, 0) is 14.3 Å². The molecule has 18 heavy (non-hydrogen) atoms. The van der Waals surface area contributed by atoms with E-state index in [1.165, 1.54) is 6.92 Å². The lowest BCUT2D eigenvalue weighted by atomic mass is 10.2. The maximum Gasteiger partial charge on any atom is 0.310 e. The quantitative estimate of drug-likeness (QED) is 0.770. The van der Waals surface area contributed by atoms with Gasteiger partial charge in [0.2, 0.25) is 0 Å². The molecule has 1 aromatic rings. The smallest absolute Gasteiger partial charge is 0.310 e. The van der Waals surface area contributed by atoms with Crippen LogP contribution in [0.25, 0.3) is 0 Å². The molecule has 1 atom stereocenters. The van der Waals surface area contributed by atoms with Gasteiger partial charge in [-0.15, -0.1) is 0 Å². The number of aryl methyl sites for hydroxylation is 1. The Bertz CT molecular complexity index is 414. The number of ether oxygens (including phenoxy) is 2. The minimum atomic E-state index is -0.906. The number of hydrogen-bond acceptors (Lipinski definition) is 4. The van der Waals surface area contributed by atoms with Crippen molar-refractivity contribution in [1.82, 2.24) is 0 Å². The van der Waals surface area contributed by atoms with Crippen LogP contribution in [0.3, 0.4) is 0 Å². The van der Waals surface area contributed by atoms with E-state index in [1.807, 2.05) is 31.2 Å². The molecule has 1 amide bonds. The molecule has 0 unspecified atom stereocenters. The number of hydrogen-bond donors (Lipinski definition) is 1. The van der Waals surface area contributed by atoms with Gasteiger partial charge in [0.25, 0.3) is 5.91 Å². The fourth-order valence-electron chi connectivity index (χ4n) is 1.20. The summed E-state index contributed by atoms with van der Waals surface area (Å²) < 4.78 is 10.1. The second-order valence-electron chi connectivity index (χ2n) is 3.95. The van der Waals surface area contributed by atoms with Gasteiger partial charge < -0.3 is 15.2 Å². The predicted octanol–water partition coefficient (Wildman–Crippen LogP) is 1.18. The zero-order valence-corrected chi connectivity index (χ0v) is 10.5. The van der Waals surface area contributed by atoms with Crippen LogP contribution in [-0.4, -0.2) is 24.6 Å². The molecule has 5 nitrogen and oxygen atoms in total. The van der Waals surface area contributed by atoms with E-state index in [0.29, 0.717) is 5.75 Å². The fraction of sp³-hybridized carbons (Fsp3) is 0.385. The fourth-order valence-corrected chi connectivity index (χ4v) is 1.20. The third kappa shape index (κ3) is 4.86. The van der Waals surface area contributed by atoms with Crippen molar-refractivity contribution in [3.8, 4) is 5.75 Å². The normalized spacial score (nSPS) is 11.7. The number of rotatable bonds is 6. The first-order valence-electron chi connectivity index (χ1n) is 5.67. The highest BCUT2D eigenvalue weighted by atomic mass is 16.5. The SMILES string of the molecule is Cc1ccc(OCCC(=O)O[C@H](C)C(N)=O)cc1. The standard InChI is InChI=1S/C13H17NO4/c1-9-3-5-11(6-4-9)17-8-7-12(15)18-10(2)13(14)16/h3-6,10H,7-8H2,1-2H3,(H2,14,16)/t10-/m1/s1. The van der Waals surface area contributed by atoms with Crippen molar-refractivity contribution in [1.29, 1.82) is 0 Å². The minimum Gasteiger partial charge on any atom is -0.493 e. The molecule has 0 aliphatic rings. The van der Waals surface area contributed by atoms with E-state index in [9.17, 15) is 9.59 Å². The van der Waals surface area contributed by atoms with Crippen LogP contribution >= 0.6 is 0 Å². The van der Waals surface area contributed by atoms with Gasteiger partial charge in [-0.3, -0.25) is 9.59 Å². The third-order valence-corrected chi connectivity index (χ3v) is 2.30. The van der Waals surface area contributed by atoms with Crippen molar-refractivity contribution < 1.29 is 19.1 Å². The van der Waals surface area contributed by atoms with Crippen LogP contribution < -0.4 is 10.5 Å². The highest BCUT2D eigenvalue weighted by molar-refractivity contribution is 5.81. The second-order valence-corrected chi connectivity index (χ2v) is 3.95. The molecule has 1 aromatic carbocycles. The molecule has 1 rings (SSSR count). The molecule has 0 bridgehead atoms. The van der Waals surface area contributed by atoms with Crippen LogP contribution in [0.1, 0.15) is 18.9 Å². The van der Waals surface area contributed by atoms with Gasteiger partial charge in [0.05, 0.1) is 13.0 Å². The molecule has 0 radical (unpaired) electrons. The second kappa shape index (κ2) is 6.64. The summed E-state index contributed by atoms with van der Waals surface area (Å²) in [6.07, 6.45) is -0.831. The lowest BCUT2D eigenvalue weighted by molar-refractivity contribution is -0.154. The Kier molecular flexibility index (Phi) is 5.17. The van der Waals surface area contributed by atoms with Gasteiger partial charge in [-0.2, -0.15) is 0 Å². The zero-order chi connectivity index (χ0) is 13.5. The molecule has 5 heteroatoms. The highest BCUT2D eigenvalue weighted by Crippen LogP contribution is 2.11.